The molecule has 2 aromatic heterocycles. The number of benzene rings is 1. The van der Waals surface area contributed by atoms with E-state index in [0.717, 1.165) is 56.2 Å². The summed E-state index contributed by atoms with van der Waals surface area (Å²) in [6.07, 6.45) is 3.88. The number of pyridine rings is 1. The first kappa shape index (κ1) is 22.9. The number of nitrogens with one attached hydrogen (secondary N) is 2. The molecule has 3 heterocycles. The molecule has 0 saturated carbocycles. The molecule has 2 N–H and O–H groups in total. The molecule has 0 unspecified atom stereocenters. The van der Waals surface area contributed by atoms with Gasteiger partial charge in [0.2, 0.25) is 0 Å². The standard InChI is InChI=1S/C27H31N5O/c1-4-32-24(9-12-29-23-6-8-26(31-18-23)27(2,3)19-28)16-21-15-20(5-7-25(21)32)17-30-22-10-13-33-14-11-22/h5-8,15-16,18,22,29-30H,4,10-11,13-14,17H2,1-3H3. The number of hydrogen-bond donors (Lipinski definition) is 2. The number of aryl methyl sites for hydroxylation is 1. The number of hydrogen-bond acceptors (Lipinski definition) is 5. The average molecular weight is 442 g/mol. The molecular formula is C27H31N5O. The van der Waals surface area contributed by atoms with Gasteiger partial charge in [0.25, 0.3) is 0 Å². The van der Waals surface area contributed by atoms with Crippen molar-refractivity contribution in [3.05, 3.63) is 59.5 Å². The first-order chi connectivity index (χ1) is 16.0. The molecule has 0 radical (unpaired) electrons. The van der Waals surface area contributed by atoms with Crippen LogP contribution in [-0.2, 0) is 23.2 Å². The minimum atomic E-state index is -0.606. The molecule has 0 spiro atoms. The Morgan fingerprint density at radius 1 is 1.18 bits per heavy atom. The molecule has 3 aromatic rings. The third kappa shape index (κ3) is 5.37. The maximum atomic E-state index is 9.26. The molecule has 1 aliphatic heterocycles. The zero-order valence-electron chi connectivity index (χ0n) is 19.6. The Bertz CT molecular complexity index is 1200. The van der Waals surface area contributed by atoms with Crippen molar-refractivity contribution in [2.24, 2.45) is 0 Å². The van der Waals surface area contributed by atoms with Gasteiger partial charge in [-0.3, -0.25) is 4.98 Å². The molecular weight excluding hydrogens is 410 g/mol. The van der Waals surface area contributed by atoms with Crippen LogP contribution in [0.5, 0.6) is 0 Å². The number of aromatic nitrogens is 2. The molecule has 4 rings (SSSR count). The lowest BCUT2D eigenvalue weighted by atomic mass is 9.91. The number of nitriles is 1. The van der Waals surface area contributed by atoms with E-state index in [2.05, 4.69) is 69.4 Å². The third-order valence-electron chi connectivity index (χ3n) is 6.18. The number of fused-ring (bicyclic) bond motifs is 1. The highest BCUT2D eigenvalue weighted by Crippen LogP contribution is 2.22. The topological polar surface area (TPSA) is 74.9 Å². The monoisotopic (exact) mass is 441 g/mol. The maximum Gasteiger partial charge on any atom is 0.0949 e. The average Bonchev–Trinajstić information content (AvgIpc) is 3.20. The number of rotatable bonds is 6. The van der Waals surface area contributed by atoms with E-state index < -0.39 is 5.41 Å². The molecule has 0 amide bonds. The van der Waals surface area contributed by atoms with Crippen molar-refractivity contribution in [3.8, 4) is 18.0 Å². The highest BCUT2D eigenvalue weighted by molar-refractivity contribution is 5.83. The van der Waals surface area contributed by atoms with Gasteiger partial charge in [-0.15, -0.1) is 0 Å². The second-order valence-corrected chi connectivity index (χ2v) is 8.98. The summed E-state index contributed by atoms with van der Waals surface area (Å²) < 4.78 is 7.68. The Labute approximate surface area is 196 Å². The largest absolute Gasteiger partial charge is 0.381 e. The zero-order chi connectivity index (χ0) is 23.3. The fourth-order valence-corrected chi connectivity index (χ4v) is 4.10. The SMILES string of the molecule is CCn1c(C#CNc2ccc(C(C)(C)C#N)nc2)cc2cc(CNC3CCOCC3)ccc21. The molecule has 1 fully saturated rings. The highest BCUT2D eigenvalue weighted by atomic mass is 16.5. The predicted octanol–water partition coefficient (Wildman–Crippen LogP) is 4.55. The molecule has 6 nitrogen and oxygen atoms in total. The summed E-state index contributed by atoms with van der Waals surface area (Å²) in [4.78, 5) is 4.41. The van der Waals surface area contributed by atoms with Gasteiger partial charge in [0.15, 0.2) is 0 Å². The third-order valence-corrected chi connectivity index (χ3v) is 6.18. The highest BCUT2D eigenvalue weighted by Gasteiger charge is 2.20. The Kier molecular flexibility index (Phi) is 6.99. The molecule has 0 atom stereocenters. The van der Waals surface area contributed by atoms with Crippen molar-refractivity contribution in [2.75, 3.05) is 18.5 Å². The molecule has 0 bridgehead atoms. The van der Waals surface area contributed by atoms with Gasteiger partial charge in [-0.1, -0.05) is 6.07 Å². The van der Waals surface area contributed by atoms with E-state index in [1.54, 1.807) is 6.20 Å². The fourth-order valence-electron chi connectivity index (χ4n) is 4.10. The van der Waals surface area contributed by atoms with Crippen molar-refractivity contribution in [2.45, 2.75) is 58.2 Å². The summed E-state index contributed by atoms with van der Waals surface area (Å²) in [5.74, 6) is 3.25. The van der Waals surface area contributed by atoms with Crippen molar-refractivity contribution in [1.82, 2.24) is 14.9 Å². The van der Waals surface area contributed by atoms with Crippen LogP contribution in [-0.4, -0.2) is 28.8 Å². The smallest absolute Gasteiger partial charge is 0.0949 e. The van der Waals surface area contributed by atoms with Gasteiger partial charge >= 0.3 is 0 Å². The molecule has 0 aliphatic carbocycles. The maximum absolute atomic E-state index is 9.26. The minimum absolute atomic E-state index is 0.539. The number of nitrogens with zero attached hydrogens (tertiary/aromatic N) is 3. The van der Waals surface area contributed by atoms with Crippen LogP contribution in [0.15, 0.2) is 42.6 Å². The molecule has 6 heteroatoms. The van der Waals surface area contributed by atoms with Crippen LogP contribution in [0.1, 0.15) is 50.6 Å². The number of ether oxygens (including phenoxy) is 1. The fraction of sp³-hybridized carbons (Fsp3) is 0.407. The quantitative estimate of drug-likeness (QED) is 0.434. The van der Waals surface area contributed by atoms with Crippen LogP contribution in [0.3, 0.4) is 0 Å². The van der Waals surface area contributed by atoms with Crippen LogP contribution in [0.25, 0.3) is 10.9 Å². The van der Waals surface area contributed by atoms with Gasteiger partial charge in [0, 0.05) is 49.3 Å². The van der Waals surface area contributed by atoms with E-state index in [1.165, 1.54) is 16.5 Å². The first-order valence-corrected chi connectivity index (χ1v) is 11.6. The summed E-state index contributed by atoms with van der Waals surface area (Å²) in [5, 5.41) is 17.2. The van der Waals surface area contributed by atoms with Crippen molar-refractivity contribution in [3.63, 3.8) is 0 Å². The lowest BCUT2D eigenvalue weighted by Crippen LogP contribution is -2.34. The van der Waals surface area contributed by atoms with Gasteiger partial charge in [0.1, 0.15) is 0 Å². The van der Waals surface area contributed by atoms with Crippen molar-refractivity contribution in [1.29, 1.82) is 5.26 Å². The van der Waals surface area contributed by atoms with Crippen LogP contribution in [0, 0.1) is 23.3 Å². The van der Waals surface area contributed by atoms with Gasteiger partial charge in [0.05, 0.1) is 34.8 Å². The van der Waals surface area contributed by atoms with Gasteiger partial charge in [-0.2, -0.15) is 5.26 Å². The van der Waals surface area contributed by atoms with E-state index in [4.69, 9.17) is 4.74 Å². The second-order valence-electron chi connectivity index (χ2n) is 8.98. The van der Waals surface area contributed by atoms with E-state index in [-0.39, 0.29) is 0 Å². The van der Waals surface area contributed by atoms with E-state index in [9.17, 15) is 5.26 Å². The normalized spacial score (nSPS) is 14.5. The molecule has 1 saturated heterocycles. The first-order valence-electron chi connectivity index (χ1n) is 11.6. The van der Waals surface area contributed by atoms with E-state index in [0.29, 0.717) is 6.04 Å². The van der Waals surface area contributed by atoms with Gasteiger partial charge in [-0.05, 0) is 75.4 Å². The summed E-state index contributed by atoms with van der Waals surface area (Å²) in [7, 11) is 0. The Morgan fingerprint density at radius 2 is 2.00 bits per heavy atom. The van der Waals surface area contributed by atoms with Gasteiger partial charge < -0.3 is 19.9 Å². The van der Waals surface area contributed by atoms with Crippen molar-refractivity contribution >= 4 is 16.6 Å². The molecule has 1 aromatic carbocycles. The summed E-state index contributed by atoms with van der Waals surface area (Å²) in [5.41, 5.74) is 4.40. The van der Waals surface area contributed by atoms with E-state index >= 15 is 0 Å². The van der Waals surface area contributed by atoms with Crippen LogP contribution in [0.4, 0.5) is 5.69 Å². The second kappa shape index (κ2) is 10.1. The molecule has 1 aliphatic rings. The Balaban J connectivity index is 1.46. The summed E-state index contributed by atoms with van der Waals surface area (Å²) in [6.45, 7) is 9.28. The summed E-state index contributed by atoms with van der Waals surface area (Å²) in [6, 6.07) is 18.4. The van der Waals surface area contributed by atoms with Gasteiger partial charge in [-0.25, -0.2) is 0 Å². The Hall–Kier alpha value is -3.32. The Morgan fingerprint density at radius 3 is 2.70 bits per heavy atom. The molecule has 33 heavy (non-hydrogen) atoms. The lowest BCUT2D eigenvalue weighted by Gasteiger charge is -2.23. The number of anilines is 1. The van der Waals surface area contributed by atoms with Crippen LogP contribution < -0.4 is 10.6 Å². The minimum Gasteiger partial charge on any atom is -0.381 e. The molecule has 170 valence electrons. The predicted molar refractivity (Wildman–Crippen MR) is 132 cm³/mol. The van der Waals surface area contributed by atoms with Crippen LogP contribution >= 0.6 is 0 Å². The van der Waals surface area contributed by atoms with Crippen LogP contribution in [0.2, 0.25) is 0 Å². The summed E-state index contributed by atoms with van der Waals surface area (Å²) >= 11 is 0. The van der Waals surface area contributed by atoms with Crippen molar-refractivity contribution < 1.29 is 4.74 Å². The van der Waals surface area contributed by atoms with E-state index in [1.807, 2.05) is 26.0 Å². The zero-order valence-corrected chi connectivity index (χ0v) is 19.6. The lowest BCUT2D eigenvalue weighted by molar-refractivity contribution is 0.0776.